The molecule has 0 unspecified atom stereocenters. The molecular formula is C30H66O4. The maximum absolute atomic E-state index is 7.00. The van der Waals surface area contributed by atoms with Crippen LogP contribution in [0.4, 0.5) is 0 Å². The van der Waals surface area contributed by atoms with Crippen molar-refractivity contribution in [3.63, 3.8) is 0 Å². The predicted molar refractivity (Wildman–Crippen MR) is 150 cm³/mol. The molecule has 0 spiro atoms. The Balaban J connectivity index is -0.000000372. The van der Waals surface area contributed by atoms with E-state index in [1.54, 1.807) is 25.7 Å². The summed E-state index contributed by atoms with van der Waals surface area (Å²) in [7, 11) is 4.00. The maximum atomic E-state index is 7.00. The Morgan fingerprint density at radius 2 is 0.353 bits per heavy atom. The van der Waals surface area contributed by atoms with E-state index >= 15 is 0 Å². The van der Waals surface area contributed by atoms with Gasteiger partial charge in [-0.15, -0.1) is 0 Å². The Morgan fingerprint density at radius 3 is 0.471 bits per heavy atom. The summed E-state index contributed by atoms with van der Waals surface area (Å²) in [6.07, 6.45) is 36.4. The second kappa shape index (κ2) is 37.4. The Bertz CT molecular complexity index is 222. The fourth-order valence-corrected chi connectivity index (χ4v) is 5.69. The van der Waals surface area contributed by atoms with Gasteiger partial charge < -0.3 is 20.4 Å². The normalized spacial score (nSPS) is 24.0. The molecule has 4 fully saturated rings. The zero-order valence-electron chi connectivity index (χ0n) is 23.9. The Kier molecular flexibility index (Phi) is 42.2. The van der Waals surface area contributed by atoms with E-state index in [-0.39, 0.29) is 0 Å². The lowest BCUT2D eigenvalue weighted by Crippen LogP contribution is -2.22. The Labute approximate surface area is 215 Å². The third-order valence-corrected chi connectivity index (χ3v) is 7.47. The summed E-state index contributed by atoms with van der Waals surface area (Å²) in [4.78, 5) is 0. The van der Waals surface area contributed by atoms with Crippen LogP contribution in [0, 0.1) is 11.8 Å². The summed E-state index contributed by atoms with van der Waals surface area (Å²) in [6, 6.07) is 0. The van der Waals surface area contributed by atoms with Crippen LogP contribution in [-0.4, -0.2) is 48.9 Å². The summed E-state index contributed by atoms with van der Waals surface area (Å²) in [5.74, 6) is 2.31. The molecule has 4 N–H and O–H groups in total. The van der Waals surface area contributed by atoms with Gasteiger partial charge in [0.05, 0.1) is 0 Å². The van der Waals surface area contributed by atoms with Crippen LogP contribution in [0.1, 0.15) is 154 Å². The number of aliphatic hydroxyl groups is 4. The number of rotatable bonds is 0. The van der Waals surface area contributed by atoms with Crippen molar-refractivity contribution in [3.8, 4) is 0 Å². The monoisotopic (exact) mass is 490 g/mol. The average molecular weight is 491 g/mol. The molecule has 0 aliphatic heterocycles. The smallest absolute Gasteiger partial charge is 0.0319 e. The average Bonchev–Trinajstić information content (AvgIpc) is 2.89. The number of aliphatic hydroxyl groups excluding tert-OH is 4. The first-order valence-electron chi connectivity index (χ1n) is 14.8. The molecule has 4 aliphatic rings. The highest BCUT2D eigenvalue weighted by atomic mass is 16.2. The van der Waals surface area contributed by atoms with Gasteiger partial charge in [-0.3, -0.25) is 0 Å². The van der Waals surface area contributed by atoms with Crippen molar-refractivity contribution in [2.45, 2.75) is 154 Å². The van der Waals surface area contributed by atoms with Crippen LogP contribution in [0.25, 0.3) is 0 Å². The molecule has 34 heavy (non-hydrogen) atoms. The number of hydrogen-bond acceptors (Lipinski definition) is 4. The van der Waals surface area contributed by atoms with Gasteiger partial charge >= 0.3 is 0 Å². The molecule has 0 radical (unpaired) electrons. The SMILES string of the molecule is C1CCC2CCCCC2C1.C1CCCCCCC1.C1CCCCCCC1.CO.CO.CO.CO. The summed E-state index contributed by atoms with van der Waals surface area (Å²) < 4.78 is 0. The van der Waals surface area contributed by atoms with E-state index in [1.807, 2.05) is 0 Å². The topological polar surface area (TPSA) is 80.9 Å². The fourth-order valence-electron chi connectivity index (χ4n) is 5.69. The zero-order valence-corrected chi connectivity index (χ0v) is 23.9. The number of hydrogen-bond donors (Lipinski definition) is 4. The molecule has 0 aromatic heterocycles. The van der Waals surface area contributed by atoms with E-state index in [1.165, 1.54) is 128 Å². The largest absolute Gasteiger partial charge is 0.400 e. The summed E-state index contributed by atoms with van der Waals surface area (Å²) in [5, 5.41) is 28.0. The minimum absolute atomic E-state index is 1.00. The van der Waals surface area contributed by atoms with Gasteiger partial charge in [0, 0.05) is 28.4 Å². The molecule has 4 nitrogen and oxygen atoms in total. The van der Waals surface area contributed by atoms with Gasteiger partial charge in [0.25, 0.3) is 0 Å². The first kappa shape index (κ1) is 38.4. The van der Waals surface area contributed by atoms with Crippen molar-refractivity contribution in [2.24, 2.45) is 11.8 Å². The van der Waals surface area contributed by atoms with Gasteiger partial charge in [0.1, 0.15) is 0 Å². The summed E-state index contributed by atoms with van der Waals surface area (Å²) >= 11 is 0. The molecule has 0 aromatic carbocycles. The lowest BCUT2D eigenvalue weighted by atomic mass is 9.71. The summed E-state index contributed by atoms with van der Waals surface area (Å²) in [5.41, 5.74) is 0. The third-order valence-electron chi connectivity index (χ3n) is 7.47. The molecule has 4 heteroatoms. The van der Waals surface area contributed by atoms with Crippen LogP contribution < -0.4 is 0 Å². The van der Waals surface area contributed by atoms with Crippen molar-refractivity contribution in [1.82, 2.24) is 0 Å². The van der Waals surface area contributed by atoms with Crippen molar-refractivity contribution >= 4 is 0 Å². The first-order valence-corrected chi connectivity index (χ1v) is 14.8. The van der Waals surface area contributed by atoms with E-state index in [4.69, 9.17) is 20.4 Å². The quantitative estimate of drug-likeness (QED) is 0.277. The molecular weight excluding hydrogens is 424 g/mol. The summed E-state index contributed by atoms with van der Waals surface area (Å²) in [6.45, 7) is 0. The van der Waals surface area contributed by atoms with Crippen molar-refractivity contribution < 1.29 is 20.4 Å². The fraction of sp³-hybridized carbons (Fsp3) is 1.00. The molecule has 0 amide bonds. The first-order chi connectivity index (χ1) is 17.0. The van der Waals surface area contributed by atoms with Crippen LogP contribution in [0.3, 0.4) is 0 Å². The number of fused-ring (bicyclic) bond motifs is 1. The van der Waals surface area contributed by atoms with Gasteiger partial charge in [0.15, 0.2) is 0 Å². The second-order valence-electron chi connectivity index (χ2n) is 9.75. The van der Waals surface area contributed by atoms with E-state index in [0.29, 0.717) is 0 Å². The van der Waals surface area contributed by atoms with E-state index in [9.17, 15) is 0 Å². The van der Waals surface area contributed by atoms with Gasteiger partial charge in [-0.2, -0.15) is 0 Å². The third kappa shape index (κ3) is 26.4. The van der Waals surface area contributed by atoms with Crippen molar-refractivity contribution in [1.29, 1.82) is 0 Å². The zero-order chi connectivity index (χ0) is 26.1. The molecule has 210 valence electrons. The molecule has 0 aromatic rings. The predicted octanol–water partition coefficient (Wildman–Crippen LogP) is 8.04. The molecule has 0 saturated heterocycles. The van der Waals surface area contributed by atoms with Crippen LogP contribution in [0.5, 0.6) is 0 Å². The second-order valence-corrected chi connectivity index (χ2v) is 9.75. The molecule has 4 rings (SSSR count). The Morgan fingerprint density at radius 1 is 0.235 bits per heavy atom. The van der Waals surface area contributed by atoms with E-state index in [2.05, 4.69) is 0 Å². The minimum Gasteiger partial charge on any atom is -0.400 e. The minimum atomic E-state index is 1.00. The molecule has 0 atom stereocenters. The lowest BCUT2D eigenvalue weighted by Gasteiger charge is -2.35. The Hall–Kier alpha value is -0.160. The van der Waals surface area contributed by atoms with Gasteiger partial charge in [-0.1, -0.05) is 154 Å². The van der Waals surface area contributed by atoms with Gasteiger partial charge in [-0.05, 0) is 11.8 Å². The highest BCUT2D eigenvalue weighted by Gasteiger charge is 2.26. The van der Waals surface area contributed by atoms with Gasteiger partial charge in [0.2, 0.25) is 0 Å². The molecule has 4 saturated carbocycles. The molecule has 0 heterocycles. The van der Waals surface area contributed by atoms with E-state index in [0.717, 1.165) is 40.3 Å². The maximum Gasteiger partial charge on any atom is 0.0319 e. The highest BCUT2D eigenvalue weighted by molar-refractivity contribution is 4.78. The van der Waals surface area contributed by atoms with Crippen molar-refractivity contribution in [2.75, 3.05) is 28.4 Å². The van der Waals surface area contributed by atoms with Crippen LogP contribution in [0.2, 0.25) is 0 Å². The van der Waals surface area contributed by atoms with Crippen LogP contribution in [-0.2, 0) is 0 Å². The van der Waals surface area contributed by atoms with Gasteiger partial charge in [-0.25, -0.2) is 0 Å². The molecule has 0 bridgehead atoms. The van der Waals surface area contributed by atoms with Crippen LogP contribution >= 0.6 is 0 Å². The lowest BCUT2D eigenvalue weighted by molar-refractivity contribution is 0.171. The van der Waals surface area contributed by atoms with E-state index < -0.39 is 0 Å². The standard InChI is InChI=1S/C10H18.2C8H16.4CH4O/c1-2-6-10-8-4-3-7-9(10)5-1;2*1-2-4-6-8-7-5-3-1;4*1-2/h9-10H,1-8H2;2*1-8H2;4*2H,1H3. The van der Waals surface area contributed by atoms with Crippen molar-refractivity contribution in [3.05, 3.63) is 0 Å². The van der Waals surface area contributed by atoms with Crippen LogP contribution in [0.15, 0.2) is 0 Å². The molecule has 4 aliphatic carbocycles. The highest BCUT2D eigenvalue weighted by Crippen LogP contribution is 2.40.